The summed E-state index contributed by atoms with van der Waals surface area (Å²) in [7, 11) is 0. The number of benzene rings is 1. The second-order valence-corrected chi connectivity index (χ2v) is 7.16. The number of para-hydroxylation sites is 1. The smallest absolute Gasteiger partial charge is 0.250 e. The third-order valence-corrected chi connectivity index (χ3v) is 4.59. The van der Waals surface area contributed by atoms with Crippen LogP contribution in [-0.4, -0.2) is 22.8 Å². The zero-order valence-electron chi connectivity index (χ0n) is 14.5. The molecule has 0 aliphatic rings. The quantitative estimate of drug-likeness (QED) is 0.317. The molecule has 28 heavy (non-hydrogen) atoms. The van der Waals surface area contributed by atoms with E-state index >= 15 is 0 Å². The Balaban J connectivity index is 1.64. The molecule has 0 spiro atoms. The zero-order valence-corrected chi connectivity index (χ0v) is 16.9. The second kappa shape index (κ2) is 11.2. The predicted molar refractivity (Wildman–Crippen MR) is 115 cm³/mol. The maximum atomic E-state index is 11.9. The molecule has 0 saturated heterocycles. The minimum absolute atomic E-state index is 0.0403. The van der Waals surface area contributed by atoms with E-state index in [0.717, 1.165) is 4.88 Å². The van der Waals surface area contributed by atoms with Gasteiger partial charge in [0.2, 0.25) is 17.7 Å². The van der Waals surface area contributed by atoms with Gasteiger partial charge in [-0.1, -0.05) is 29.8 Å². The maximum Gasteiger partial charge on any atom is 0.250 e. The standard InChI is InChI=1S/C18H17ClN4O3S2/c19-13-5-1-2-6-14(13)20-15(24)9-10-17(26)22-23-18(27)21-16(25)8-7-12-4-3-11-28-12/h1-8,11H,9-10H2,(H,20,24)(H,22,26)(H2,21,23,25,27)/b8-7+. The molecule has 0 bridgehead atoms. The summed E-state index contributed by atoms with van der Waals surface area (Å²) in [5.74, 6) is -1.24. The number of hydrogen-bond acceptors (Lipinski definition) is 5. The SMILES string of the molecule is O=C(/C=C/c1cccs1)NC(=S)NNC(=O)CCC(=O)Nc1ccccc1Cl. The Bertz CT molecular complexity index is 885. The van der Waals surface area contributed by atoms with Gasteiger partial charge in [0.25, 0.3) is 0 Å². The van der Waals surface area contributed by atoms with Gasteiger partial charge in [-0.15, -0.1) is 11.3 Å². The van der Waals surface area contributed by atoms with Gasteiger partial charge < -0.3 is 5.32 Å². The molecule has 4 N–H and O–H groups in total. The van der Waals surface area contributed by atoms with Crippen LogP contribution in [0.1, 0.15) is 17.7 Å². The fourth-order valence-electron chi connectivity index (χ4n) is 1.92. The molecule has 1 heterocycles. The first-order chi connectivity index (χ1) is 13.4. The third-order valence-electron chi connectivity index (χ3n) is 3.22. The molecule has 146 valence electrons. The van der Waals surface area contributed by atoms with E-state index in [1.54, 1.807) is 30.3 Å². The van der Waals surface area contributed by atoms with Gasteiger partial charge in [0.15, 0.2) is 5.11 Å². The van der Waals surface area contributed by atoms with Crippen LogP contribution in [0.15, 0.2) is 47.9 Å². The molecule has 2 aromatic rings. The van der Waals surface area contributed by atoms with Crippen LogP contribution in [0.25, 0.3) is 6.08 Å². The van der Waals surface area contributed by atoms with Crippen molar-refractivity contribution in [1.29, 1.82) is 0 Å². The van der Waals surface area contributed by atoms with E-state index in [2.05, 4.69) is 21.5 Å². The summed E-state index contributed by atoms with van der Waals surface area (Å²) in [5.41, 5.74) is 5.20. The van der Waals surface area contributed by atoms with Gasteiger partial charge in [-0.05, 0) is 41.9 Å². The fourth-order valence-corrected chi connectivity index (χ4v) is 2.87. The van der Waals surface area contributed by atoms with Crippen LogP contribution in [0.5, 0.6) is 0 Å². The van der Waals surface area contributed by atoms with E-state index in [4.69, 9.17) is 23.8 Å². The average Bonchev–Trinajstić information content (AvgIpc) is 3.18. The molecule has 0 radical (unpaired) electrons. The van der Waals surface area contributed by atoms with Crippen LogP contribution in [0.3, 0.4) is 0 Å². The zero-order chi connectivity index (χ0) is 20.4. The highest BCUT2D eigenvalue weighted by atomic mass is 35.5. The number of thiocarbonyl (C=S) groups is 1. The molecular formula is C18H17ClN4O3S2. The molecule has 0 saturated carbocycles. The Morgan fingerprint density at radius 3 is 2.50 bits per heavy atom. The molecule has 7 nitrogen and oxygen atoms in total. The van der Waals surface area contributed by atoms with Crippen LogP contribution in [0, 0.1) is 0 Å². The average molecular weight is 437 g/mol. The number of thiophene rings is 1. The van der Waals surface area contributed by atoms with Crippen LogP contribution in [0.4, 0.5) is 5.69 Å². The first-order valence-corrected chi connectivity index (χ1v) is 9.76. The molecule has 1 aromatic carbocycles. The summed E-state index contributed by atoms with van der Waals surface area (Å²) in [6.07, 6.45) is 2.87. The fraction of sp³-hybridized carbons (Fsp3) is 0.111. The van der Waals surface area contributed by atoms with Crippen molar-refractivity contribution in [3.05, 3.63) is 57.8 Å². The van der Waals surface area contributed by atoms with E-state index in [-0.39, 0.29) is 23.9 Å². The molecule has 0 aliphatic carbocycles. The predicted octanol–water partition coefficient (Wildman–Crippen LogP) is 2.86. The highest BCUT2D eigenvalue weighted by Gasteiger charge is 2.09. The molecule has 1 aromatic heterocycles. The van der Waals surface area contributed by atoms with Gasteiger partial charge in [-0.3, -0.25) is 30.6 Å². The summed E-state index contributed by atoms with van der Waals surface area (Å²) >= 11 is 12.4. The lowest BCUT2D eigenvalue weighted by Crippen LogP contribution is -2.48. The number of nitrogens with one attached hydrogen (secondary N) is 4. The maximum absolute atomic E-state index is 11.9. The summed E-state index contributed by atoms with van der Waals surface area (Å²) in [6, 6.07) is 10.5. The lowest BCUT2D eigenvalue weighted by molar-refractivity contribution is -0.124. The van der Waals surface area contributed by atoms with Crippen LogP contribution in [-0.2, 0) is 14.4 Å². The molecule has 0 aliphatic heterocycles. The number of carbonyl (C=O) groups is 3. The second-order valence-electron chi connectivity index (χ2n) is 5.37. The van der Waals surface area contributed by atoms with E-state index in [0.29, 0.717) is 10.7 Å². The van der Waals surface area contributed by atoms with Crippen molar-refractivity contribution in [2.45, 2.75) is 12.8 Å². The molecule has 0 unspecified atom stereocenters. The minimum atomic E-state index is -0.458. The number of carbonyl (C=O) groups excluding carboxylic acids is 3. The van der Waals surface area contributed by atoms with Crippen molar-refractivity contribution in [3.63, 3.8) is 0 Å². The molecule has 3 amide bonds. The number of hydrazine groups is 1. The number of rotatable bonds is 6. The van der Waals surface area contributed by atoms with Gasteiger partial charge >= 0.3 is 0 Å². The summed E-state index contributed by atoms with van der Waals surface area (Å²) in [5, 5.41) is 7.26. The van der Waals surface area contributed by atoms with Crippen molar-refractivity contribution in [2.24, 2.45) is 0 Å². The van der Waals surface area contributed by atoms with Crippen LogP contribution < -0.4 is 21.5 Å². The largest absolute Gasteiger partial charge is 0.325 e. The van der Waals surface area contributed by atoms with Crippen LogP contribution in [0.2, 0.25) is 5.02 Å². The Labute approximate surface area is 176 Å². The van der Waals surface area contributed by atoms with E-state index < -0.39 is 11.8 Å². The van der Waals surface area contributed by atoms with Gasteiger partial charge in [0, 0.05) is 23.8 Å². The Morgan fingerprint density at radius 2 is 1.79 bits per heavy atom. The van der Waals surface area contributed by atoms with Crippen molar-refractivity contribution in [1.82, 2.24) is 16.2 Å². The van der Waals surface area contributed by atoms with E-state index in [1.807, 2.05) is 17.5 Å². The van der Waals surface area contributed by atoms with E-state index in [1.165, 1.54) is 17.4 Å². The van der Waals surface area contributed by atoms with Crippen molar-refractivity contribution in [2.75, 3.05) is 5.32 Å². The molecule has 2 rings (SSSR count). The summed E-state index contributed by atoms with van der Waals surface area (Å²) in [6.45, 7) is 0. The summed E-state index contributed by atoms with van der Waals surface area (Å²) < 4.78 is 0. The number of hydrogen-bond donors (Lipinski definition) is 4. The van der Waals surface area contributed by atoms with E-state index in [9.17, 15) is 14.4 Å². The van der Waals surface area contributed by atoms with Crippen molar-refractivity contribution >= 4 is 69.8 Å². The molecule has 0 fully saturated rings. The highest BCUT2D eigenvalue weighted by molar-refractivity contribution is 7.80. The lowest BCUT2D eigenvalue weighted by Gasteiger charge is -2.10. The Morgan fingerprint density at radius 1 is 1.04 bits per heavy atom. The highest BCUT2D eigenvalue weighted by Crippen LogP contribution is 2.20. The van der Waals surface area contributed by atoms with Crippen molar-refractivity contribution in [3.8, 4) is 0 Å². The monoisotopic (exact) mass is 436 g/mol. The van der Waals surface area contributed by atoms with Crippen molar-refractivity contribution < 1.29 is 14.4 Å². The van der Waals surface area contributed by atoms with Crippen LogP contribution >= 0.6 is 35.2 Å². The number of halogens is 1. The topological polar surface area (TPSA) is 99.3 Å². The lowest BCUT2D eigenvalue weighted by atomic mass is 10.2. The van der Waals surface area contributed by atoms with Gasteiger partial charge in [0.05, 0.1) is 10.7 Å². The third kappa shape index (κ3) is 7.87. The molecular weight excluding hydrogens is 420 g/mol. The minimum Gasteiger partial charge on any atom is -0.325 e. The molecule has 0 atom stereocenters. The van der Waals surface area contributed by atoms with Gasteiger partial charge in [0.1, 0.15) is 0 Å². The molecule has 10 heteroatoms. The number of anilines is 1. The summed E-state index contributed by atoms with van der Waals surface area (Å²) in [4.78, 5) is 36.3. The first kappa shape index (κ1) is 21.5. The Hall–Kier alpha value is -2.75. The van der Waals surface area contributed by atoms with Gasteiger partial charge in [-0.2, -0.15) is 0 Å². The number of amides is 3. The normalized spacial score (nSPS) is 10.3. The van der Waals surface area contributed by atoms with Gasteiger partial charge in [-0.25, -0.2) is 0 Å². The Kier molecular flexibility index (Phi) is 8.60. The first-order valence-electron chi connectivity index (χ1n) is 8.10.